The first-order chi connectivity index (χ1) is 43.9. The number of Topliss-reactive ketones (excluding diaryl/α,β-unsaturated/α-hetero) is 2. The number of hydrogen-bond acceptors (Lipinski definition) is 10. The lowest BCUT2D eigenvalue weighted by Crippen LogP contribution is -2.06. The number of nitrogen functional groups attached to an aromatic ring is 2. The van der Waals surface area contributed by atoms with Crippen molar-refractivity contribution in [3.8, 4) is 0 Å². The van der Waals surface area contributed by atoms with E-state index in [4.69, 9.17) is 28.2 Å². The smallest absolute Gasteiger partial charge is 0.307 e. The highest BCUT2D eigenvalue weighted by Crippen LogP contribution is 2.50. The molecule has 4 saturated carbocycles. The summed E-state index contributed by atoms with van der Waals surface area (Å²) in [5.74, 6) is 1.93. The van der Waals surface area contributed by atoms with Crippen molar-refractivity contribution >= 4 is 88.8 Å². The fraction of sp³-hybridized carbons (Fsp3) is 0.190. The van der Waals surface area contributed by atoms with Crippen molar-refractivity contribution in [3.05, 3.63) is 301 Å². The minimum atomic E-state index is -0.663. The van der Waals surface area contributed by atoms with Crippen LogP contribution >= 0.6 is 11.6 Å². The van der Waals surface area contributed by atoms with Gasteiger partial charge in [-0.15, -0.1) is 0 Å². The molecule has 12 heteroatoms. The second-order valence-electron chi connectivity index (χ2n) is 23.4. The maximum absolute atomic E-state index is 12.5. The SMILES string of the molecule is C.Nc1ccc2cnccc2c1.Nc1ccc2cnccc2c1.O=C(Cc1ccc2cnccc2c1)[C@@H]1C[C@H]1c1ccccc1.O=C(Cc1ccc2cnccc2c1)[C@@H]1C[C@H]1c1ccccc1.O=C(Cl)[C@@H]1C[C@H]1c1ccccc1.O=C(O)[C@@H]1C[C@H]1c1ccccc1. The van der Waals surface area contributed by atoms with Crippen molar-refractivity contribution in [2.24, 2.45) is 23.7 Å². The molecule has 4 fully saturated rings. The molecule has 11 nitrogen and oxygen atoms in total. The largest absolute Gasteiger partial charge is 0.481 e. The average Bonchev–Trinajstić information content (AvgIpc) is 2.32. The van der Waals surface area contributed by atoms with Gasteiger partial charge in [0.05, 0.1) is 5.92 Å². The first kappa shape index (κ1) is 63.8. The van der Waals surface area contributed by atoms with Crippen molar-refractivity contribution in [1.82, 2.24) is 19.9 Å². The minimum Gasteiger partial charge on any atom is -0.481 e. The number of pyridine rings is 4. The van der Waals surface area contributed by atoms with Gasteiger partial charge in [-0.2, -0.15) is 0 Å². The second-order valence-corrected chi connectivity index (χ2v) is 23.8. The summed E-state index contributed by atoms with van der Waals surface area (Å²) < 4.78 is 0. The molecule has 16 rings (SSSR count). The summed E-state index contributed by atoms with van der Waals surface area (Å²) in [7, 11) is 0. The molecule has 0 radical (unpaired) electrons. The molecule has 5 N–H and O–H groups in total. The van der Waals surface area contributed by atoms with Crippen LogP contribution in [0.15, 0.2) is 268 Å². The summed E-state index contributed by atoms with van der Waals surface area (Å²) in [5, 5.41) is 17.6. The maximum Gasteiger partial charge on any atom is 0.307 e. The van der Waals surface area contributed by atoms with Gasteiger partial charge in [0.1, 0.15) is 11.6 Å². The molecule has 0 spiro atoms. The number of rotatable bonds is 12. The number of nitrogens with zero attached hydrogens (tertiary/aromatic N) is 4. The van der Waals surface area contributed by atoms with Crippen molar-refractivity contribution in [2.75, 3.05) is 11.5 Å². The third-order valence-electron chi connectivity index (χ3n) is 17.0. The number of anilines is 2. The van der Waals surface area contributed by atoms with E-state index < -0.39 is 5.97 Å². The Labute approximate surface area is 536 Å². The van der Waals surface area contributed by atoms with Gasteiger partial charge in [0.15, 0.2) is 0 Å². The van der Waals surface area contributed by atoms with Crippen LogP contribution in [0.25, 0.3) is 43.1 Å². The molecular formula is C79H73ClN6O5. The number of halogens is 1. The van der Waals surface area contributed by atoms with Crippen LogP contribution in [-0.2, 0) is 32.0 Å². The Kier molecular flexibility index (Phi) is 21.2. The zero-order valence-corrected chi connectivity index (χ0v) is 50.4. The number of carbonyl (C=O) groups is 4. The zero-order chi connectivity index (χ0) is 62.3. The molecule has 4 aliphatic rings. The number of carboxylic acids is 1. The Bertz CT molecular complexity index is 4140. The van der Waals surface area contributed by atoms with Crippen LogP contribution in [-0.4, -0.2) is 47.8 Å². The van der Waals surface area contributed by atoms with Gasteiger partial charge < -0.3 is 16.6 Å². The molecule has 0 amide bonds. The number of ketones is 2. The highest BCUT2D eigenvalue weighted by Gasteiger charge is 2.45. The van der Waals surface area contributed by atoms with Crippen LogP contribution < -0.4 is 11.5 Å². The van der Waals surface area contributed by atoms with Crippen LogP contribution in [0.2, 0.25) is 0 Å². The summed E-state index contributed by atoms with van der Waals surface area (Å²) in [6, 6.07) is 72.5. The fourth-order valence-corrected chi connectivity index (χ4v) is 11.9. The first-order valence-electron chi connectivity index (χ1n) is 30.4. The highest BCUT2D eigenvalue weighted by molar-refractivity contribution is 6.64. The Balaban J connectivity index is 0.000000123. The van der Waals surface area contributed by atoms with Crippen LogP contribution in [0.1, 0.15) is 90.2 Å². The van der Waals surface area contributed by atoms with E-state index in [1.807, 2.05) is 207 Å². The summed E-state index contributed by atoms with van der Waals surface area (Å²) in [6.07, 6.45) is 19.3. The zero-order valence-electron chi connectivity index (χ0n) is 49.7. The Hall–Kier alpha value is -10.2. The summed E-state index contributed by atoms with van der Waals surface area (Å²) in [5.41, 5.74) is 20.0. The number of aliphatic carboxylic acids is 1. The Morgan fingerprint density at radius 2 is 0.648 bits per heavy atom. The van der Waals surface area contributed by atoms with Crippen molar-refractivity contribution < 1.29 is 24.3 Å². The van der Waals surface area contributed by atoms with Gasteiger partial charge in [0.2, 0.25) is 5.24 Å². The predicted octanol–water partition coefficient (Wildman–Crippen LogP) is 17.0. The second kappa shape index (κ2) is 30.3. The van der Waals surface area contributed by atoms with E-state index in [1.165, 1.54) is 16.7 Å². The fourth-order valence-electron chi connectivity index (χ4n) is 11.6. The minimum absolute atomic E-state index is 0. The summed E-state index contributed by atoms with van der Waals surface area (Å²) in [4.78, 5) is 62.5. The quantitative estimate of drug-likeness (QED) is 0.0779. The average molecular weight is 1220 g/mol. The van der Waals surface area contributed by atoms with Crippen molar-refractivity contribution in [1.29, 1.82) is 0 Å². The number of carbonyl (C=O) groups excluding carboxylic acids is 3. The van der Waals surface area contributed by atoms with Gasteiger partial charge in [-0.1, -0.05) is 177 Å². The van der Waals surface area contributed by atoms with E-state index >= 15 is 0 Å². The predicted molar refractivity (Wildman–Crippen MR) is 368 cm³/mol. The van der Waals surface area contributed by atoms with Gasteiger partial charge in [-0.25, -0.2) is 0 Å². The van der Waals surface area contributed by atoms with Gasteiger partial charge in [-0.05, 0) is 164 Å². The molecule has 91 heavy (non-hydrogen) atoms. The maximum atomic E-state index is 12.5. The molecule has 0 saturated heterocycles. The van der Waals surface area contributed by atoms with Crippen molar-refractivity contribution in [2.45, 2.75) is 69.6 Å². The number of hydrogen-bond donors (Lipinski definition) is 3. The molecule has 0 unspecified atom stereocenters. The number of benzene rings is 8. The summed E-state index contributed by atoms with van der Waals surface area (Å²) >= 11 is 5.38. The highest BCUT2D eigenvalue weighted by atomic mass is 35.5. The monoisotopic (exact) mass is 1220 g/mol. The molecule has 8 atom stereocenters. The molecule has 4 aliphatic carbocycles. The molecule has 8 aromatic carbocycles. The first-order valence-corrected chi connectivity index (χ1v) is 30.8. The van der Waals surface area contributed by atoms with E-state index in [9.17, 15) is 19.2 Å². The van der Waals surface area contributed by atoms with Gasteiger partial charge in [-0.3, -0.25) is 39.1 Å². The Morgan fingerprint density at radius 3 is 0.956 bits per heavy atom. The molecule has 12 aromatic rings. The van der Waals surface area contributed by atoms with E-state index in [0.717, 1.165) is 96.8 Å². The van der Waals surface area contributed by atoms with Gasteiger partial charge >= 0.3 is 5.97 Å². The van der Waals surface area contributed by atoms with Gasteiger partial charge in [0, 0.05) is 113 Å². The third kappa shape index (κ3) is 17.6. The molecule has 0 aliphatic heterocycles. The molecule has 456 valence electrons. The number of nitrogens with two attached hydrogens (primary N) is 2. The van der Waals surface area contributed by atoms with Crippen LogP contribution in [0, 0.1) is 23.7 Å². The van der Waals surface area contributed by atoms with Gasteiger partial charge in [0.25, 0.3) is 0 Å². The summed E-state index contributed by atoms with van der Waals surface area (Å²) in [6.45, 7) is 0. The number of carboxylic acid groups (broad SMARTS) is 1. The van der Waals surface area contributed by atoms with E-state index in [2.05, 4.69) is 56.3 Å². The third-order valence-corrected chi connectivity index (χ3v) is 17.3. The number of aromatic nitrogens is 4. The number of fused-ring (bicyclic) bond motifs is 4. The Morgan fingerprint density at radius 1 is 0.363 bits per heavy atom. The topological polar surface area (TPSA) is 192 Å². The van der Waals surface area contributed by atoms with E-state index in [0.29, 0.717) is 42.2 Å². The lowest BCUT2D eigenvalue weighted by atomic mass is 10.0. The molecule has 4 heterocycles. The van der Waals surface area contributed by atoms with Crippen LogP contribution in [0.4, 0.5) is 11.4 Å². The molecular weight excluding hydrogens is 1150 g/mol. The normalized spacial score (nSPS) is 19.2. The van der Waals surface area contributed by atoms with E-state index in [1.54, 1.807) is 24.8 Å². The van der Waals surface area contributed by atoms with Crippen LogP contribution in [0.3, 0.4) is 0 Å². The lowest BCUT2D eigenvalue weighted by molar-refractivity contribution is -0.138. The lowest BCUT2D eigenvalue weighted by Gasteiger charge is -2.04. The van der Waals surface area contributed by atoms with E-state index in [-0.39, 0.29) is 42.3 Å². The standard InChI is InChI=1S/2C20H17NO.C10H9ClO.C10H10O2.2C9H8N2.CH4/c2*22-20(19-12-18(19)15-4-2-1-3-5-15)11-14-6-7-17-13-21-9-8-16(17)10-14;2*11-10(12)9-6-8(9)7-4-2-1-3-5-7;2*10-9-2-1-8-6-11-4-3-7(8)5-9;/h2*1-10,13,18-19H,11-12H2;1-5,8-9H,6H2;1-5,8-9H,6H2,(H,11,12);2*1-6H,10H2;1H4/t2*18-,19+;2*8-,9+;;;/m0000.../s1. The molecule has 4 aromatic heterocycles. The van der Waals surface area contributed by atoms with Crippen molar-refractivity contribution in [3.63, 3.8) is 0 Å². The molecule has 0 bridgehead atoms. The van der Waals surface area contributed by atoms with Crippen LogP contribution in [0.5, 0.6) is 0 Å².